The summed E-state index contributed by atoms with van der Waals surface area (Å²) in [6.45, 7) is 5.43. The molecule has 2 aromatic carbocycles. The fourth-order valence-electron chi connectivity index (χ4n) is 2.84. The summed E-state index contributed by atoms with van der Waals surface area (Å²) in [6, 6.07) is 10.2. The van der Waals surface area contributed by atoms with Crippen LogP contribution in [0.25, 0.3) is 10.9 Å². The molecule has 31 heavy (non-hydrogen) atoms. The largest absolute Gasteiger partial charge is 0.479 e. The van der Waals surface area contributed by atoms with Gasteiger partial charge in [-0.05, 0) is 55.3 Å². The van der Waals surface area contributed by atoms with Gasteiger partial charge in [-0.2, -0.15) is 9.78 Å². The first kappa shape index (κ1) is 23.0. The second-order valence-electron chi connectivity index (χ2n) is 7.09. The lowest BCUT2D eigenvalue weighted by Crippen LogP contribution is -2.23. The Bertz CT molecular complexity index is 1230. The number of carbonyl (C=O) groups is 1. The summed E-state index contributed by atoms with van der Waals surface area (Å²) in [5.41, 5.74) is 0.975. The topological polar surface area (TPSA) is 93.8 Å². The summed E-state index contributed by atoms with van der Waals surface area (Å²) >= 11 is 9.62. The van der Waals surface area contributed by atoms with Crippen molar-refractivity contribution >= 4 is 50.6 Å². The molecule has 0 radical (unpaired) electrons. The molecule has 1 aromatic heterocycles. The number of aromatic nitrogens is 2. The highest BCUT2D eigenvalue weighted by Crippen LogP contribution is 2.26. The van der Waals surface area contributed by atoms with Gasteiger partial charge in [-0.25, -0.2) is 9.78 Å². The van der Waals surface area contributed by atoms with Crippen molar-refractivity contribution in [3.63, 3.8) is 0 Å². The first-order valence-electron chi connectivity index (χ1n) is 9.66. The van der Waals surface area contributed by atoms with Crippen molar-refractivity contribution in [3.05, 3.63) is 67.6 Å². The molecule has 0 bridgehead atoms. The summed E-state index contributed by atoms with van der Waals surface area (Å²) < 4.78 is 7.42. The Balaban J connectivity index is 2.02. The smallest absolute Gasteiger partial charge is 0.344 e. The van der Waals surface area contributed by atoms with E-state index >= 15 is 0 Å². The Kier molecular flexibility index (Phi) is 7.12. The Morgan fingerprint density at radius 1 is 1.32 bits per heavy atom. The van der Waals surface area contributed by atoms with Crippen molar-refractivity contribution < 1.29 is 14.6 Å². The molecule has 0 fully saturated rings. The lowest BCUT2D eigenvalue weighted by atomic mass is 10.1. The SMILES string of the molecule is CC[C@H](C)c1nc2ccc(Br)cc2c(=O)n1N=Cc1ccc(O[C@@H](C)C(=O)O)c(Cl)c1. The number of hydrogen-bond acceptors (Lipinski definition) is 5. The van der Waals surface area contributed by atoms with E-state index in [0.29, 0.717) is 22.3 Å². The summed E-state index contributed by atoms with van der Waals surface area (Å²) in [4.78, 5) is 28.8. The highest BCUT2D eigenvalue weighted by atomic mass is 79.9. The van der Waals surface area contributed by atoms with Gasteiger partial charge in [0.2, 0.25) is 0 Å². The zero-order valence-corrected chi connectivity index (χ0v) is 19.5. The van der Waals surface area contributed by atoms with Gasteiger partial charge in [0.1, 0.15) is 11.6 Å². The summed E-state index contributed by atoms with van der Waals surface area (Å²) in [7, 11) is 0. The summed E-state index contributed by atoms with van der Waals surface area (Å²) in [6.07, 6.45) is 1.27. The average molecular weight is 507 g/mol. The first-order valence-corrected chi connectivity index (χ1v) is 10.8. The monoisotopic (exact) mass is 505 g/mol. The molecule has 3 aromatic rings. The molecule has 0 spiro atoms. The average Bonchev–Trinajstić information content (AvgIpc) is 2.74. The number of halogens is 2. The maximum Gasteiger partial charge on any atom is 0.344 e. The number of nitrogens with zero attached hydrogens (tertiary/aromatic N) is 3. The van der Waals surface area contributed by atoms with E-state index in [1.54, 1.807) is 30.3 Å². The third kappa shape index (κ3) is 5.14. The molecule has 0 aliphatic rings. The fraction of sp³-hybridized carbons (Fsp3) is 0.273. The molecule has 0 unspecified atom stereocenters. The van der Waals surface area contributed by atoms with Crippen LogP contribution in [0.3, 0.4) is 0 Å². The van der Waals surface area contributed by atoms with E-state index in [1.807, 2.05) is 19.9 Å². The molecule has 7 nitrogen and oxygen atoms in total. The number of fused-ring (bicyclic) bond motifs is 1. The number of carboxylic acids is 1. The van der Waals surface area contributed by atoms with E-state index in [0.717, 1.165) is 10.9 Å². The van der Waals surface area contributed by atoms with Crippen molar-refractivity contribution in [2.45, 2.75) is 39.2 Å². The van der Waals surface area contributed by atoms with Crippen molar-refractivity contribution in [3.8, 4) is 5.75 Å². The molecular formula is C22H21BrClN3O4. The Morgan fingerprint density at radius 2 is 2.06 bits per heavy atom. The van der Waals surface area contributed by atoms with Gasteiger partial charge in [-0.15, -0.1) is 0 Å². The van der Waals surface area contributed by atoms with Crippen molar-refractivity contribution in [2.24, 2.45) is 5.10 Å². The predicted octanol–water partition coefficient (Wildman–Crippen LogP) is 5.06. The van der Waals surface area contributed by atoms with Gasteiger partial charge in [0.25, 0.3) is 5.56 Å². The lowest BCUT2D eigenvalue weighted by molar-refractivity contribution is -0.144. The van der Waals surface area contributed by atoms with Crippen molar-refractivity contribution in [1.29, 1.82) is 0 Å². The molecule has 1 N–H and O–H groups in total. The molecule has 162 valence electrons. The van der Waals surface area contributed by atoms with Gasteiger partial charge in [-0.1, -0.05) is 41.4 Å². The maximum atomic E-state index is 13.1. The standard InChI is InChI=1S/C22H21BrClN3O4/c1-4-12(2)20-26-18-7-6-15(23)10-16(18)21(28)27(20)25-11-14-5-8-19(17(24)9-14)31-13(3)22(29)30/h5-13H,4H2,1-3H3,(H,29,30)/t12-,13-/m0/s1. The number of carboxylic acid groups (broad SMARTS) is 1. The quantitative estimate of drug-likeness (QED) is 0.452. The van der Waals surface area contributed by atoms with Crippen LogP contribution in [0.2, 0.25) is 5.02 Å². The van der Waals surface area contributed by atoms with Gasteiger partial charge in [-0.3, -0.25) is 4.79 Å². The van der Waals surface area contributed by atoms with E-state index in [2.05, 4.69) is 26.0 Å². The Hall–Kier alpha value is -2.71. The molecule has 3 rings (SSSR count). The van der Waals surface area contributed by atoms with Crippen molar-refractivity contribution in [2.75, 3.05) is 0 Å². The number of rotatable bonds is 7. The molecule has 2 atom stereocenters. The van der Waals surface area contributed by atoms with E-state index in [1.165, 1.54) is 17.8 Å². The van der Waals surface area contributed by atoms with Gasteiger partial charge in [0.05, 0.1) is 22.1 Å². The maximum absolute atomic E-state index is 13.1. The second-order valence-corrected chi connectivity index (χ2v) is 8.41. The van der Waals surface area contributed by atoms with Gasteiger partial charge < -0.3 is 9.84 Å². The zero-order valence-electron chi connectivity index (χ0n) is 17.2. The molecular weight excluding hydrogens is 486 g/mol. The highest BCUT2D eigenvalue weighted by Gasteiger charge is 2.16. The van der Waals surface area contributed by atoms with E-state index in [-0.39, 0.29) is 22.2 Å². The molecule has 0 aliphatic carbocycles. The van der Waals surface area contributed by atoms with Crippen LogP contribution >= 0.6 is 27.5 Å². The Morgan fingerprint density at radius 3 is 2.71 bits per heavy atom. The van der Waals surface area contributed by atoms with Gasteiger partial charge in [0, 0.05) is 10.4 Å². The third-order valence-electron chi connectivity index (χ3n) is 4.82. The minimum Gasteiger partial charge on any atom is -0.479 e. The Labute approximate surface area is 192 Å². The number of ether oxygens (including phenoxy) is 1. The van der Waals surface area contributed by atoms with Crippen LogP contribution in [-0.2, 0) is 4.79 Å². The van der Waals surface area contributed by atoms with Crippen molar-refractivity contribution in [1.82, 2.24) is 9.66 Å². The number of benzene rings is 2. The van der Waals surface area contributed by atoms with E-state index < -0.39 is 12.1 Å². The minimum absolute atomic E-state index is 0.0229. The minimum atomic E-state index is -1.09. The molecule has 0 aliphatic heterocycles. The van der Waals surface area contributed by atoms with Gasteiger partial charge in [0.15, 0.2) is 6.10 Å². The summed E-state index contributed by atoms with van der Waals surface area (Å²) in [5, 5.41) is 14.1. The van der Waals surface area contributed by atoms with Crippen LogP contribution in [0, 0.1) is 0 Å². The van der Waals surface area contributed by atoms with Crippen LogP contribution < -0.4 is 10.3 Å². The molecule has 9 heteroatoms. The first-order chi connectivity index (χ1) is 14.7. The summed E-state index contributed by atoms with van der Waals surface area (Å²) in [5.74, 6) is -0.243. The fourth-order valence-corrected chi connectivity index (χ4v) is 3.43. The predicted molar refractivity (Wildman–Crippen MR) is 125 cm³/mol. The normalized spacial score (nSPS) is 13.5. The van der Waals surface area contributed by atoms with Crippen LogP contribution in [0.15, 0.2) is 50.8 Å². The van der Waals surface area contributed by atoms with Crippen LogP contribution in [-0.4, -0.2) is 33.1 Å². The lowest BCUT2D eigenvalue weighted by Gasteiger charge is -2.14. The van der Waals surface area contributed by atoms with E-state index in [4.69, 9.17) is 21.4 Å². The third-order valence-corrected chi connectivity index (χ3v) is 5.60. The molecule has 0 saturated heterocycles. The second kappa shape index (κ2) is 9.62. The van der Waals surface area contributed by atoms with Crippen LogP contribution in [0.4, 0.5) is 0 Å². The van der Waals surface area contributed by atoms with Crippen LogP contribution in [0.5, 0.6) is 5.75 Å². The molecule has 0 amide bonds. The van der Waals surface area contributed by atoms with Gasteiger partial charge >= 0.3 is 5.97 Å². The van der Waals surface area contributed by atoms with E-state index in [9.17, 15) is 9.59 Å². The molecule has 1 heterocycles. The zero-order chi connectivity index (χ0) is 22.7. The van der Waals surface area contributed by atoms with Crippen LogP contribution in [0.1, 0.15) is 44.5 Å². The number of aliphatic carboxylic acids is 1. The molecule has 0 saturated carbocycles. The number of hydrogen-bond donors (Lipinski definition) is 1. The highest BCUT2D eigenvalue weighted by molar-refractivity contribution is 9.10.